The van der Waals surface area contributed by atoms with Crippen molar-refractivity contribution in [3.8, 4) is 5.75 Å². The van der Waals surface area contributed by atoms with Crippen LogP contribution in [-0.4, -0.2) is 46.1 Å². The number of hydrogen-bond acceptors (Lipinski definition) is 3. The molecule has 1 aromatic carbocycles. The van der Waals surface area contributed by atoms with E-state index in [9.17, 15) is 0 Å². The average molecular weight is 161 g/mol. The second-order valence-corrected chi connectivity index (χ2v) is 1.80. The van der Waals surface area contributed by atoms with Crippen molar-refractivity contribution in [2.24, 2.45) is 5.16 Å². The molecule has 0 fully saturated rings. The van der Waals surface area contributed by atoms with Crippen LogP contribution in [0.25, 0.3) is 0 Å². The van der Waals surface area contributed by atoms with Gasteiger partial charge in [-0.25, -0.2) is 0 Å². The van der Waals surface area contributed by atoms with Gasteiger partial charge in [0.25, 0.3) is 0 Å². The normalized spacial score (nSPS) is 9.45. The molecule has 0 saturated heterocycles. The van der Waals surface area contributed by atoms with Crippen LogP contribution in [0.4, 0.5) is 0 Å². The summed E-state index contributed by atoms with van der Waals surface area (Å²) in [5.41, 5.74) is 0.505. The standard InChI is InChI=1S/C7H7NO2.Na.H/c9-7-4-2-1-3-6(7)5-8-10;;/h1-5,9-10H;;/b8-5-;;. The molecular weight excluding hydrogens is 153 g/mol. The molecule has 1 rings (SSSR count). The molecule has 4 heteroatoms. The molecule has 0 spiro atoms. The van der Waals surface area contributed by atoms with Gasteiger partial charge < -0.3 is 10.3 Å². The summed E-state index contributed by atoms with van der Waals surface area (Å²) < 4.78 is 0. The third kappa shape index (κ3) is 2.93. The molecule has 0 aliphatic heterocycles. The number of aromatic hydroxyl groups is 1. The molecule has 0 saturated carbocycles. The molecule has 0 aromatic heterocycles. The Bertz CT molecular complexity index is 250. The van der Waals surface area contributed by atoms with Crippen molar-refractivity contribution in [2.45, 2.75) is 0 Å². The van der Waals surface area contributed by atoms with E-state index < -0.39 is 0 Å². The maximum atomic E-state index is 9.04. The van der Waals surface area contributed by atoms with Crippen LogP contribution in [0.3, 0.4) is 0 Å². The Kier molecular flexibility index (Phi) is 4.94. The van der Waals surface area contributed by atoms with Crippen LogP contribution >= 0.6 is 0 Å². The molecule has 0 unspecified atom stereocenters. The molecule has 0 atom stereocenters. The van der Waals surface area contributed by atoms with Gasteiger partial charge in [0.05, 0.1) is 6.21 Å². The van der Waals surface area contributed by atoms with Gasteiger partial charge in [-0.3, -0.25) is 0 Å². The second-order valence-electron chi connectivity index (χ2n) is 1.80. The predicted octanol–water partition coefficient (Wildman–Crippen LogP) is 0.552. The summed E-state index contributed by atoms with van der Waals surface area (Å²) in [6, 6.07) is 6.62. The van der Waals surface area contributed by atoms with Gasteiger partial charge in [-0.15, -0.1) is 0 Å². The minimum absolute atomic E-state index is 0. The van der Waals surface area contributed by atoms with Crippen LogP contribution in [0, 0.1) is 0 Å². The van der Waals surface area contributed by atoms with Crippen molar-refractivity contribution in [2.75, 3.05) is 0 Å². The molecular formula is C7H8NNaO2. The molecule has 11 heavy (non-hydrogen) atoms. The molecule has 0 heterocycles. The molecule has 54 valence electrons. The Morgan fingerprint density at radius 1 is 1.27 bits per heavy atom. The van der Waals surface area contributed by atoms with Crippen LogP contribution in [0.2, 0.25) is 0 Å². The van der Waals surface area contributed by atoms with Gasteiger partial charge in [-0.1, -0.05) is 17.3 Å². The number of benzene rings is 1. The van der Waals surface area contributed by atoms with Crippen molar-refractivity contribution in [3.05, 3.63) is 29.8 Å². The Labute approximate surface area is 86.6 Å². The Hall–Kier alpha value is -0.510. The Morgan fingerprint density at radius 2 is 1.91 bits per heavy atom. The van der Waals surface area contributed by atoms with Crippen molar-refractivity contribution in [1.29, 1.82) is 0 Å². The number of phenolic OH excluding ortho intramolecular Hbond substituents is 1. The summed E-state index contributed by atoms with van der Waals surface area (Å²) in [7, 11) is 0. The minimum atomic E-state index is 0. The van der Waals surface area contributed by atoms with E-state index in [1.165, 1.54) is 12.3 Å². The molecule has 1 aromatic rings. The molecule has 0 aliphatic carbocycles. The molecule has 0 bridgehead atoms. The van der Waals surface area contributed by atoms with Crippen molar-refractivity contribution < 1.29 is 10.3 Å². The first-order valence-corrected chi connectivity index (χ1v) is 2.80. The van der Waals surface area contributed by atoms with E-state index in [2.05, 4.69) is 5.16 Å². The van der Waals surface area contributed by atoms with E-state index >= 15 is 0 Å². The predicted molar refractivity (Wildman–Crippen MR) is 44.6 cm³/mol. The van der Waals surface area contributed by atoms with Crippen LogP contribution in [0.5, 0.6) is 5.75 Å². The van der Waals surface area contributed by atoms with Crippen molar-refractivity contribution in [3.63, 3.8) is 0 Å². The molecule has 3 nitrogen and oxygen atoms in total. The van der Waals surface area contributed by atoms with E-state index in [0.29, 0.717) is 5.56 Å². The zero-order valence-corrected chi connectivity index (χ0v) is 5.23. The third-order valence-electron chi connectivity index (χ3n) is 1.13. The van der Waals surface area contributed by atoms with Gasteiger partial charge in [0.2, 0.25) is 0 Å². The van der Waals surface area contributed by atoms with Crippen LogP contribution in [0.1, 0.15) is 5.56 Å². The quantitative estimate of drug-likeness (QED) is 0.273. The fraction of sp³-hybridized carbons (Fsp3) is 0. The van der Waals surface area contributed by atoms with E-state index in [1.807, 2.05) is 0 Å². The summed E-state index contributed by atoms with van der Waals surface area (Å²) in [4.78, 5) is 0. The maximum absolute atomic E-state index is 9.04. The molecule has 0 amide bonds. The molecule has 0 aliphatic rings. The first kappa shape index (κ1) is 10.5. The monoisotopic (exact) mass is 161 g/mol. The van der Waals surface area contributed by atoms with Gasteiger partial charge in [0, 0.05) is 5.56 Å². The van der Waals surface area contributed by atoms with Gasteiger partial charge in [0.15, 0.2) is 0 Å². The molecule has 0 radical (unpaired) electrons. The van der Waals surface area contributed by atoms with Gasteiger partial charge in [-0.2, -0.15) is 0 Å². The summed E-state index contributed by atoms with van der Waals surface area (Å²) in [6.45, 7) is 0. The summed E-state index contributed by atoms with van der Waals surface area (Å²) >= 11 is 0. The first-order chi connectivity index (χ1) is 4.84. The fourth-order valence-electron chi connectivity index (χ4n) is 0.659. The van der Waals surface area contributed by atoms with Crippen LogP contribution in [0.15, 0.2) is 29.4 Å². The SMILES string of the molecule is O/N=C\c1ccccc1O.[NaH]. The van der Waals surface area contributed by atoms with Gasteiger partial charge in [-0.05, 0) is 12.1 Å². The zero-order valence-electron chi connectivity index (χ0n) is 5.23. The number of nitrogens with zero attached hydrogens (tertiary/aromatic N) is 1. The number of para-hydroxylation sites is 1. The Morgan fingerprint density at radius 3 is 2.45 bits per heavy atom. The topological polar surface area (TPSA) is 52.8 Å². The van der Waals surface area contributed by atoms with E-state index in [0.717, 1.165) is 0 Å². The van der Waals surface area contributed by atoms with Crippen molar-refractivity contribution in [1.82, 2.24) is 0 Å². The van der Waals surface area contributed by atoms with Crippen molar-refractivity contribution >= 4 is 35.8 Å². The molecule has 2 N–H and O–H groups in total. The van der Waals surface area contributed by atoms with E-state index in [1.54, 1.807) is 18.2 Å². The number of phenols is 1. The average Bonchev–Trinajstić information content (AvgIpc) is 1.94. The summed E-state index contributed by atoms with van der Waals surface area (Å²) in [6.07, 6.45) is 1.18. The fourth-order valence-corrected chi connectivity index (χ4v) is 0.659. The van der Waals surface area contributed by atoms with E-state index in [4.69, 9.17) is 10.3 Å². The third-order valence-corrected chi connectivity index (χ3v) is 1.13. The number of hydrogen-bond donors (Lipinski definition) is 2. The van der Waals surface area contributed by atoms with Crippen LogP contribution in [-0.2, 0) is 0 Å². The Balaban J connectivity index is 0.000001000. The first-order valence-electron chi connectivity index (χ1n) is 2.80. The second kappa shape index (κ2) is 5.18. The summed E-state index contributed by atoms with van der Waals surface area (Å²) in [5, 5.41) is 19.9. The van der Waals surface area contributed by atoms with Crippen LogP contribution < -0.4 is 0 Å². The zero-order chi connectivity index (χ0) is 7.40. The van der Waals surface area contributed by atoms with E-state index in [-0.39, 0.29) is 35.3 Å². The number of rotatable bonds is 1. The van der Waals surface area contributed by atoms with Gasteiger partial charge in [0.1, 0.15) is 5.75 Å². The summed E-state index contributed by atoms with van der Waals surface area (Å²) in [5.74, 6) is 0.111. The number of oxime groups is 1. The van der Waals surface area contributed by atoms with Gasteiger partial charge >= 0.3 is 29.6 Å².